The lowest BCUT2D eigenvalue weighted by atomic mass is 10.2. The molecule has 0 atom stereocenters. The summed E-state index contributed by atoms with van der Waals surface area (Å²) in [6, 6.07) is 8.45. The first-order chi connectivity index (χ1) is 13.6. The highest BCUT2D eigenvalue weighted by Gasteiger charge is 2.29. The van der Waals surface area contributed by atoms with Gasteiger partial charge in [0, 0.05) is 18.8 Å². The minimum absolute atomic E-state index is 0.00160. The lowest BCUT2D eigenvalue weighted by molar-refractivity contribution is -0.695. The van der Waals surface area contributed by atoms with Crippen molar-refractivity contribution in [1.29, 1.82) is 0 Å². The van der Waals surface area contributed by atoms with Crippen molar-refractivity contribution in [1.82, 2.24) is 5.01 Å². The molecule has 0 unspecified atom stereocenters. The van der Waals surface area contributed by atoms with Crippen LogP contribution in [0.5, 0.6) is 11.5 Å². The molecule has 154 valence electrons. The number of nitrogens with zero attached hydrogens (tertiary/aromatic N) is 6. The zero-order valence-corrected chi connectivity index (χ0v) is 16.0. The van der Waals surface area contributed by atoms with Crippen LogP contribution >= 0.6 is 0 Å². The summed E-state index contributed by atoms with van der Waals surface area (Å²) in [5.41, 5.74) is -0.684. The van der Waals surface area contributed by atoms with E-state index in [2.05, 4.69) is 5.28 Å². The molecule has 13 heteroatoms. The van der Waals surface area contributed by atoms with Crippen molar-refractivity contribution < 1.29 is 24.4 Å². The van der Waals surface area contributed by atoms with Gasteiger partial charge in [-0.3, -0.25) is 25.1 Å². The number of nitro benzene ring substituents is 2. The molecule has 2 rings (SSSR count). The van der Waals surface area contributed by atoms with Gasteiger partial charge in [-0.25, -0.2) is 0 Å². The standard InChI is InChI=1S/C16H18N6O7/c1-18(2)22(27)17-29-16-10-13(14(20(23)24)9-15(16)21(25)26)19(3)11-5-7-12(28-4)8-6-11/h5-10H,1-4H3/b22-17-. The molecule has 0 bridgehead atoms. The van der Waals surface area contributed by atoms with E-state index < -0.39 is 27.0 Å². The Kier molecular flexibility index (Phi) is 6.33. The van der Waals surface area contributed by atoms with E-state index in [9.17, 15) is 25.4 Å². The molecule has 0 aliphatic heterocycles. The summed E-state index contributed by atoms with van der Waals surface area (Å²) in [7, 11) is 5.80. The lowest BCUT2D eigenvalue weighted by Gasteiger charge is -2.20. The molecule has 0 saturated heterocycles. The van der Waals surface area contributed by atoms with Crippen molar-refractivity contribution in [2.45, 2.75) is 0 Å². The number of anilines is 2. The maximum atomic E-state index is 11.5. The quantitative estimate of drug-likeness (QED) is 0.279. The Hall–Kier alpha value is -4.16. The zero-order chi connectivity index (χ0) is 21.7. The fourth-order valence-electron chi connectivity index (χ4n) is 2.27. The van der Waals surface area contributed by atoms with Crippen LogP contribution in [-0.4, -0.2) is 48.1 Å². The topological polar surface area (TPSA) is 150 Å². The summed E-state index contributed by atoms with van der Waals surface area (Å²) in [5.74, 6) is 0.154. The second kappa shape index (κ2) is 8.69. The number of hydrazine groups is 1. The highest BCUT2D eigenvalue weighted by molar-refractivity contribution is 5.76. The fraction of sp³-hybridized carbons (Fsp3) is 0.250. The van der Waals surface area contributed by atoms with E-state index in [0.29, 0.717) is 11.4 Å². The SMILES string of the molecule is COc1ccc(N(C)c2cc(O/N=[N+](\[O-])N(C)C)c([N+](=O)[O-])cc2[N+](=O)[O-])cc1. The molecule has 29 heavy (non-hydrogen) atoms. The van der Waals surface area contributed by atoms with Crippen LogP contribution < -0.4 is 14.5 Å². The maximum Gasteiger partial charge on any atom is 0.321 e. The van der Waals surface area contributed by atoms with Crippen molar-refractivity contribution >= 4 is 22.7 Å². The van der Waals surface area contributed by atoms with Crippen LogP contribution in [0.4, 0.5) is 22.7 Å². The Balaban J connectivity index is 2.59. The Bertz CT molecular complexity index is 946. The Morgan fingerprint density at radius 3 is 2.00 bits per heavy atom. The van der Waals surface area contributed by atoms with Gasteiger partial charge in [0.15, 0.2) is 0 Å². The van der Waals surface area contributed by atoms with Crippen molar-refractivity contribution in [2.24, 2.45) is 5.28 Å². The number of nitro groups is 2. The molecule has 0 heterocycles. The highest BCUT2D eigenvalue weighted by atomic mass is 16.7. The minimum Gasteiger partial charge on any atom is -0.569 e. The van der Waals surface area contributed by atoms with Crippen molar-refractivity contribution in [3.63, 3.8) is 0 Å². The van der Waals surface area contributed by atoms with E-state index in [-0.39, 0.29) is 10.7 Å². The Morgan fingerprint density at radius 2 is 1.52 bits per heavy atom. The molecule has 0 saturated carbocycles. The van der Waals surface area contributed by atoms with E-state index in [1.165, 1.54) is 33.2 Å². The molecular weight excluding hydrogens is 388 g/mol. The van der Waals surface area contributed by atoms with E-state index in [0.717, 1.165) is 17.1 Å². The largest absolute Gasteiger partial charge is 0.569 e. The maximum absolute atomic E-state index is 11.5. The molecule has 0 aliphatic rings. The third kappa shape index (κ3) is 4.77. The van der Waals surface area contributed by atoms with Gasteiger partial charge in [0.25, 0.3) is 5.69 Å². The molecule has 13 nitrogen and oxygen atoms in total. The van der Waals surface area contributed by atoms with Crippen LogP contribution in [0.1, 0.15) is 0 Å². The predicted octanol–water partition coefficient (Wildman–Crippen LogP) is 3.01. The van der Waals surface area contributed by atoms with Gasteiger partial charge >= 0.3 is 5.69 Å². The molecular formula is C16H18N6O7. The van der Waals surface area contributed by atoms with Gasteiger partial charge in [-0.05, 0) is 24.3 Å². The number of hydrogen-bond acceptors (Lipinski definition) is 9. The number of ether oxygens (including phenoxy) is 1. The molecule has 0 fully saturated rings. The van der Waals surface area contributed by atoms with Gasteiger partial charge in [0.1, 0.15) is 17.5 Å². The number of rotatable bonds is 8. The summed E-state index contributed by atoms with van der Waals surface area (Å²) in [4.78, 5) is 27.6. The average molecular weight is 406 g/mol. The van der Waals surface area contributed by atoms with E-state index >= 15 is 0 Å². The summed E-state index contributed by atoms with van der Waals surface area (Å²) in [5, 5.41) is 38.6. The normalized spacial score (nSPS) is 11.0. The Labute approximate surface area is 164 Å². The molecule has 2 aromatic carbocycles. The smallest absolute Gasteiger partial charge is 0.321 e. The molecule has 0 radical (unpaired) electrons. The van der Waals surface area contributed by atoms with Crippen LogP contribution in [0.25, 0.3) is 0 Å². The van der Waals surface area contributed by atoms with Crippen LogP contribution in [0.15, 0.2) is 41.7 Å². The van der Waals surface area contributed by atoms with Gasteiger partial charge in [0.05, 0.1) is 36.0 Å². The first-order valence-corrected chi connectivity index (χ1v) is 8.02. The van der Waals surface area contributed by atoms with Crippen molar-refractivity contribution in [3.8, 4) is 11.5 Å². The monoisotopic (exact) mass is 406 g/mol. The third-order valence-electron chi connectivity index (χ3n) is 3.82. The van der Waals surface area contributed by atoms with Crippen LogP contribution in [0, 0.1) is 25.4 Å². The van der Waals surface area contributed by atoms with Gasteiger partial charge in [-0.2, -0.15) is 5.01 Å². The number of benzene rings is 2. The van der Waals surface area contributed by atoms with Crippen LogP contribution in [0.3, 0.4) is 0 Å². The molecule has 0 amide bonds. The number of methoxy groups -OCH3 is 1. The van der Waals surface area contributed by atoms with Crippen LogP contribution in [0.2, 0.25) is 0 Å². The number of hydrogen-bond donors (Lipinski definition) is 0. The first kappa shape index (κ1) is 21.1. The van der Waals surface area contributed by atoms with Gasteiger partial charge in [0.2, 0.25) is 11.0 Å². The summed E-state index contributed by atoms with van der Waals surface area (Å²) in [6.07, 6.45) is 0. The van der Waals surface area contributed by atoms with Crippen LogP contribution in [-0.2, 0) is 0 Å². The summed E-state index contributed by atoms with van der Waals surface area (Å²) in [6.45, 7) is 0. The van der Waals surface area contributed by atoms with Crippen molar-refractivity contribution in [3.05, 3.63) is 61.8 Å². The summed E-state index contributed by atoms with van der Waals surface area (Å²) >= 11 is 0. The second-order valence-corrected chi connectivity index (χ2v) is 5.85. The fourth-order valence-corrected chi connectivity index (χ4v) is 2.27. The molecule has 0 aromatic heterocycles. The van der Waals surface area contributed by atoms with E-state index in [1.807, 2.05) is 0 Å². The van der Waals surface area contributed by atoms with Crippen molar-refractivity contribution in [2.75, 3.05) is 33.2 Å². The molecule has 2 aromatic rings. The third-order valence-corrected chi connectivity index (χ3v) is 3.82. The van der Waals surface area contributed by atoms with Gasteiger partial charge in [-0.15, -0.1) is 0 Å². The van der Waals surface area contributed by atoms with E-state index in [4.69, 9.17) is 9.57 Å². The average Bonchev–Trinajstić information content (AvgIpc) is 2.70. The Morgan fingerprint density at radius 1 is 0.931 bits per heavy atom. The van der Waals surface area contributed by atoms with Gasteiger partial charge in [-0.1, -0.05) is 0 Å². The second-order valence-electron chi connectivity index (χ2n) is 5.85. The highest BCUT2D eigenvalue weighted by Crippen LogP contribution is 2.41. The van der Waals surface area contributed by atoms with Gasteiger partial charge < -0.3 is 14.8 Å². The van der Waals surface area contributed by atoms with E-state index in [1.54, 1.807) is 24.3 Å². The summed E-state index contributed by atoms with van der Waals surface area (Å²) < 4.78 is 5.08. The predicted molar refractivity (Wildman–Crippen MR) is 101 cm³/mol. The molecule has 0 spiro atoms. The first-order valence-electron chi connectivity index (χ1n) is 8.02. The lowest BCUT2D eigenvalue weighted by Crippen LogP contribution is -2.21. The minimum atomic E-state index is -0.861. The molecule has 0 N–H and O–H groups in total. The molecule has 0 aliphatic carbocycles. The zero-order valence-electron chi connectivity index (χ0n) is 16.0.